The zero-order valence-corrected chi connectivity index (χ0v) is 13.5. The number of halogens is 3. The number of ether oxygens (including phenoxy) is 1. The third-order valence-electron chi connectivity index (χ3n) is 4.31. The predicted molar refractivity (Wildman–Crippen MR) is 80.3 cm³/mol. The molecule has 0 spiro atoms. The standard InChI is InChI=1S/C15H17F3N2O3S/c16-15(17,18)12-4-3-9(13(21)19-12)14(22)20-5-6-23-10(8-20)11-2-1-7-24-11/h1-2,7,9-10,12H,3-6,8H2,(H,19,21). The zero-order chi connectivity index (χ0) is 17.3. The maximum absolute atomic E-state index is 12.7. The van der Waals surface area contributed by atoms with Gasteiger partial charge in [-0.05, 0) is 24.3 Å². The zero-order valence-electron chi connectivity index (χ0n) is 12.7. The molecule has 2 amide bonds. The van der Waals surface area contributed by atoms with E-state index in [1.807, 2.05) is 22.8 Å². The molecular weight excluding hydrogens is 345 g/mol. The Kier molecular flexibility index (Phi) is 4.82. The van der Waals surface area contributed by atoms with Crippen LogP contribution in [0.25, 0.3) is 0 Å². The van der Waals surface area contributed by atoms with Crippen molar-refractivity contribution in [3.63, 3.8) is 0 Å². The van der Waals surface area contributed by atoms with Crippen molar-refractivity contribution in [3.8, 4) is 0 Å². The Bertz CT molecular complexity index is 606. The van der Waals surface area contributed by atoms with Crippen LogP contribution in [-0.2, 0) is 14.3 Å². The molecule has 2 aliphatic heterocycles. The molecule has 3 unspecified atom stereocenters. The van der Waals surface area contributed by atoms with Crippen molar-refractivity contribution < 1.29 is 27.5 Å². The lowest BCUT2D eigenvalue weighted by Crippen LogP contribution is -2.56. The van der Waals surface area contributed by atoms with Crippen molar-refractivity contribution in [3.05, 3.63) is 22.4 Å². The van der Waals surface area contributed by atoms with Gasteiger partial charge in [-0.2, -0.15) is 13.2 Å². The molecule has 2 saturated heterocycles. The summed E-state index contributed by atoms with van der Waals surface area (Å²) in [5.74, 6) is -2.31. The molecule has 2 fully saturated rings. The number of hydrogen-bond acceptors (Lipinski definition) is 4. The van der Waals surface area contributed by atoms with Crippen molar-refractivity contribution in [2.75, 3.05) is 19.7 Å². The molecule has 5 nitrogen and oxygen atoms in total. The smallest absolute Gasteiger partial charge is 0.369 e. The molecule has 1 aromatic rings. The Balaban J connectivity index is 1.63. The SMILES string of the molecule is O=C1NC(C(F)(F)F)CCC1C(=O)N1CCOC(c2cccs2)C1. The van der Waals surface area contributed by atoms with E-state index < -0.39 is 30.0 Å². The highest BCUT2D eigenvalue weighted by Crippen LogP contribution is 2.31. The van der Waals surface area contributed by atoms with Crippen molar-refractivity contribution in [1.29, 1.82) is 0 Å². The fourth-order valence-electron chi connectivity index (χ4n) is 3.01. The fourth-order valence-corrected chi connectivity index (χ4v) is 3.77. The summed E-state index contributed by atoms with van der Waals surface area (Å²) in [6.45, 7) is 0.993. The monoisotopic (exact) mass is 362 g/mol. The number of alkyl halides is 3. The van der Waals surface area contributed by atoms with Crippen LogP contribution in [0.15, 0.2) is 17.5 Å². The van der Waals surface area contributed by atoms with Crippen molar-refractivity contribution in [1.82, 2.24) is 10.2 Å². The first-order valence-electron chi connectivity index (χ1n) is 7.67. The molecule has 0 aromatic carbocycles. The Morgan fingerprint density at radius 2 is 2.17 bits per heavy atom. The van der Waals surface area contributed by atoms with Gasteiger partial charge in [-0.1, -0.05) is 6.07 Å². The molecule has 132 valence electrons. The second-order valence-electron chi connectivity index (χ2n) is 5.89. The van der Waals surface area contributed by atoms with Crippen molar-refractivity contribution in [2.45, 2.75) is 31.2 Å². The largest absolute Gasteiger partial charge is 0.408 e. The van der Waals surface area contributed by atoms with Gasteiger partial charge in [-0.15, -0.1) is 11.3 Å². The van der Waals surface area contributed by atoms with Crippen LogP contribution in [0.1, 0.15) is 23.8 Å². The Hall–Kier alpha value is -1.61. The van der Waals surface area contributed by atoms with Gasteiger partial charge >= 0.3 is 6.18 Å². The molecule has 3 rings (SSSR count). The highest BCUT2D eigenvalue weighted by Gasteiger charge is 2.46. The molecule has 0 radical (unpaired) electrons. The van der Waals surface area contributed by atoms with Crippen LogP contribution in [0, 0.1) is 5.92 Å². The second kappa shape index (κ2) is 6.72. The fraction of sp³-hybridized carbons (Fsp3) is 0.600. The summed E-state index contributed by atoms with van der Waals surface area (Å²) in [5.41, 5.74) is 0. The first-order chi connectivity index (χ1) is 11.4. The summed E-state index contributed by atoms with van der Waals surface area (Å²) in [6.07, 6.45) is -5.09. The van der Waals surface area contributed by atoms with E-state index in [1.165, 1.54) is 16.2 Å². The number of nitrogens with one attached hydrogen (secondary N) is 1. The number of morpholine rings is 1. The van der Waals surface area contributed by atoms with Crippen LogP contribution in [0.3, 0.4) is 0 Å². The first kappa shape index (κ1) is 17.2. The average Bonchev–Trinajstić information content (AvgIpc) is 3.08. The Morgan fingerprint density at radius 1 is 1.38 bits per heavy atom. The molecule has 1 N–H and O–H groups in total. The number of piperidine rings is 1. The minimum absolute atomic E-state index is 0.0874. The first-order valence-corrected chi connectivity index (χ1v) is 8.55. The summed E-state index contributed by atoms with van der Waals surface area (Å²) in [5, 5.41) is 3.83. The lowest BCUT2D eigenvalue weighted by atomic mass is 9.92. The highest BCUT2D eigenvalue weighted by molar-refractivity contribution is 7.10. The van der Waals surface area contributed by atoms with E-state index in [0.717, 1.165) is 4.88 Å². The van der Waals surface area contributed by atoms with E-state index in [-0.39, 0.29) is 18.9 Å². The van der Waals surface area contributed by atoms with Gasteiger partial charge in [0.15, 0.2) is 0 Å². The van der Waals surface area contributed by atoms with Crippen LogP contribution in [0.4, 0.5) is 13.2 Å². The molecule has 0 saturated carbocycles. The maximum atomic E-state index is 12.7. The Morgan fingerprint density at radius 3 is 2.79 bits per heavy atom. The summed E-state index contributed by atoms with van der Waals surface area (Å²) < 4.78 is 43.7. The number of carbonyl (C=O) groups excluding carboxylic acids is 2. The molecule has 9 heteroatoms. The molecule has 3 atom stereocenters. The van der Waals surface area contributed by atoms with Crippen LogP contribution in [-0.4, -0.2) is 48.6 Å². The third-order valence-corrected chi connectivity index (χ3v) is 5.27. The van der Waals surface area contributed by atoms with E-state index in [2.05, 4.69) is 0 Å². The number of rotatable bonds is 2. The second-order valence-corrected chi connectivity index (χ2v) is 6.87. The summed E-state index contributed by atoms with van der Waals surface area (Å²) in [4.78, 5) is 27.0. The van der Waals surface area contributed by atoms with Gasteiger partial charge in [-0.3, -0.25) is 9.59 Å². The summed E-state index contributed by atoms with van der Waals surface area (Å²) in [6, 6.07) is 1.93. The van der Waals surface area contributed by atoms with Gasteiger partial charge in [-0.25, -0.2) is 0 Å². The third kappa shape index (κ3) is 3.56. The summed E-state index contributed by atoms with van der Waals surface area (Å²) >= 11 is 1.52. The van der Waals surface area contributed by atoms with Gasteiger partial charge in [0.1, 0.15) is 18.1 Å². The molecule has 0 bridgehead atoms. The Labute approximate surface area is 140 Å². The number of thiophene rings is 1. The maximum Gasteiger partial charge on any atom is 0.408 e. The van der Waals surface area contributed by atoms with Crippen LogP contribution in [0.2, 0.25) is 0 Å². The minimum Gasteiger partial charge on any atom is -0.369 e. The average molecular weight is 362 g/mol. The van der Waals surface area contributed by atoms with E-state index in [9.17, 15) is 22.8 Å². The van der Waals surface area contributed by atoms with Crippen molar-refractivity contribution >= 4 is 23.2 Å². The predicted octanol–water partition coefficient (Wildman–Crippen LogP) is 2.11. The van der Waals surface area contributed by atoms with Crippen LogP contribution >= 0.6 is 11.3 Å². The molecular formula is C15H17F3N2O3S. The van der Waals surface area contributed by atoms with Gasteiger partial charge < -0.3 is 15.0 Å². The number of amides is 2. The van der Waals surface area contributed by atoms with Crippen LogP contribution in [0.5, 0.6) is 0 Å². The molecule has 3 heterocycles. The van der Waals surface area contributed by atoms with Crippen LogP contribution < -0.4 is 5.32 Å². The molecule has 24 heavy (non-hydrogen) atoms. The van der Waals surface area contributed by atoms with Gasteiger partial charge in [0.05, 0.1) is 13.2 Å². The number of hydrogen-bond donors (Lipinski definition) is 1. The lowest BCUT2D eigenvalue weighted by Gasteiger charge is -2.36. The molecule has 2 aliphatic rings. The molecule has 0 aliphatic carbocycles. The van der Waals surface area contributed by atoms with E-state index in [0.29, 0.717) is 19.7 Å². The van der Waals surface area contributed by atoms with E-state index in [1.54, 1.807) is 0 Å². The van der Waals surface area contributed by atoms with Gasteiger partial charge in [0, 0.05) is 11.4 Å². The van der Waals surface area contributed by atoms with E-state index >= 15 is 0 Å². The highest BCUT2D eigenvalue weighted by atomic mass is 32.1. The lowest BCUT2D eigenvalue weighted by molar-refractivity contribution is -0.173. The van der Waals surface area contributed by atoms with Crippen molar-refractivity contribution in [2.24, 2.45) is 5.92 Å². The molecule has 1 aromatic heterocycles. The number of carbonyl (C=O) groups is 2. The minimum atomic E-state index is -4.48. The normalized spacial score (nSPS) is 28.5. The number of nitrogens with zero attached hydrogens (tertiary/aromatic N) is 1. The van der Waals surface area contributed by atoms with Gasteiger partial charge in [0.2, 0.25) is 11.8 Å². The summed E-state index contributed by atoms with van der Waals surface area (Å²) in [7, 11) is 0. The van der Waals surface area contributed by atoms with Gasteiger partial charge in [0.25, 0.3) is 0 Å². The van der Waals surface area contributed by atoms with E-state index in [4.69, 9.17) is 4.74 Å². The topological polar surface area (TPSA) is 58.6 Å². The quantitative estimate of drug-likeness (QED) is 0.820.